The summed E-state index contributed by atoms with van der Waals surface area (Å²) in [6.07, 6.45) is 3.98. The van der Waals surface area contributed by atoms with Gasteiger partial charge in [-0.15, -0.1) is 0 Å². The van der Waals surface area contributed by atoms with Crippen molar-refractivity contribution in [3.8, 4) is 0 Å². The number of benzene rings is 1. The molecule has 1 aliphatic heterocycles. The van der Waals surface area contributed by atoms with Gasteiger partial charge in [-0.1, -0.05) is 18.2 Å². The number of amides is 3. The maximum atomic E-state index is 13.1. The lowest BCUT2D eigenvalue weighted by Gasteiger charge is -2.23. The first-order valence-electron chi connectivity index (χ1n) is 10.8. The van der Waals surface area contributed by atoms with E-state index in [0.717, 1.165) is 16.5 Å². The molecule has 10 nitrogen and oxygen atoms in total. The Hall–Kier alpha value is -3.40. The molecule has 172 valence electrons. The van der Waals surface area contributed by atoms with E-state index in [-0.39, 0.29) is 25.2 Å². The standard InChI is InChI=1S/C22H29N5O5/c23-10-4-3-7-17(22(31)32)26-21(30)18(27-20(29)16-8-9-19(28)25-16)11-13-12-24-15-6-2-1-5-14(13)15/h1-2,5-6,12,16-18,24H,3-4,7-11,23H2,(H,25,28)(H,26,30)(H,27,29)(H,31,32). The smallest absolute Gasteiger partial charge is 0.326 e. The minimum atomic E-state index is -1.14. The van der Waals surface area contributed by atoms with Gasteiger partial charge < -0.3 is 31.8 Å². The minimum absolute atomic E-state index is 0.164. The van der Waals surface area contributed by atoms with Crippen LogP contribution in [0.25, 0.3) is 10.9 Å². The highest BCUT2D eigenvalue weighted by molar-refractivity contribution is 5.95. The van der Waals surface area contributed by atoms with Gasteiger partial charge in [-0.3, -0.25) is 14.4 Å². The third-order valence-electron chi connectivity index (χ3n) is 5.61. The van der Waals surface area contributed by atoms with Crippen molar-refractivity contribution in [3.63, 3.8) is 0 Å². The summed E-state index contributed by atoms with van der Waals surface area (Å²) in [6.45, 7) is 0.437. The van der Waals surface area contributed by atoms with Crippen LogP contribution in [0.3, 0.4) is 0 Å². The van der Waals surface area contributed by atoms with E-state index < -0.39 is 35.9 Å². The number of aliphatic carboxylic acids is 1. The molecule has 2 aromatic rings. The number of carbonyl (C=O) groups is 4. The summed E-state index contributed by atoms with van der Waals surface area (Å²) in [7, 11) is 0. The monoisotopic (exact) mass is 443 g/mol. The van der Waals surface area contributed by atoms with Gasteiger partial charge in [0.15, 0.2) is 0 Å². The molecule has 1 aromatic heterocycles. The predicted molar refractivity (Wildman–Crippen MR) is 118 cm³/mol. The lowest BCUT2D eigenvalue weighted by molar-refractivity contribution is -0.142. The molecule has 10 heteroatoms. The van der Waals surface area contributed by atoms with Crippen molar-refractivity contribution in [3.05, 3.63) is 36.0 Å². The van der Waals surface area contributed by atoms with Gasteiger partial charge in [0.2, 0.25) is 17.7 Å². The fourth-order valence-electron chi connectivity index (χ4n) is 3.84. The van der Waals surface area contributed by atoms with Gasteiger partial charge in [0.05, 0.1) is 0 Å². The lowest BCUT2D eigenvalue weighted by Crippen LogP contribution is -2.55. The van der Waals surface area contributed by atoms with Gasteiger partial charge in [0.25, 0.3) is 0 Å². The van der Waals surface area contributed by atoms with Gasteiger partial charge in [-0.05, 0) is 43.9 Å². The number of nitrogens with one attached hydrogen (secondary N) is 4. The van der Waals surface area contributed by atoms with Gasteiger partial charge >= 0.3 is 5.97 Å². The molecule has 0 saturated carbocycles. The fourth-order valence-corrected chi connectivity index (χ4v) is 3.84. The first-order valence-corrected chi connectivity index (χ1v) is 10.8. The van der Waals surface area contributed by atoms with E-state index in [9.17, 15) is 24.3 Å². The summed E-state index contributed by atoms with van der Waals surface area (Å²) in [5, 5.41) is 18.2. The maximum absolute atomic E-state index is 13.1. The topological polar surface area (TPSA) is 166 Å². The van der Waals surface area contributed by atoms with Crippen LogP contribution in [-0.4, -0.2) is 58.5 Å². The average molecular weight is 444 g/mol. The molecule has 1 aliphatic rings. The van der Waals surface area contributed by atoms with Gasteiger partial charge in [-0.25, -0.2) is 4.79 Å². The SMILES string of the molecule is NCCCCC(NC(=O)C(Cc1c[nH]c2ccccc12)NC(=O)C1CCC(=O)N1)C(=O)O. The first-order chi connectivity index (χ1) is 15.4. The fraction of sp³-hybridized carbons (Fsp3) is 0.455. The molecule has 3 amide bonds. The van der Waals surface area contributed by atoms with Crippen LogP contribution in [0.1, 0.15) is 37.7 Å². The van der Waals surface area contributed by atoms with E-state index in [0.29, 0.717) is 25.8 Å². The molecule has 0 aliphatic carbocycles. The number of hydrogen-bond donors (Lipinski definition) is 6. The van der Waals surface area contributed by atoms with E-state index in [4.69, 9.17) is 5.73 Å². The third kappa shape index (κ3) is 5.85. The van der Waals surface area contributed by atoms with Gasteiger partial charge in [0, 0.05) is 29.9 Å². The van der Waals surface area contributed by atoms with Crippen LogP contribution in [0, 0.1) is 0 Å². The zero-order valence-electron chi connectivity index (χ0n) is 17.7. The van der Waals surface area contributed by atoms with E-state index in [1.54, 1.807) is 6.20 Å². The Morgan fingerprint density at radius 3 is 2.62 bits per heavy atom. The number of carbonyl (C=O) groups excluding carboxylic acids is 3. The van der Waals surface area contributed by atoms with Crippen molar-refractivity contribution in [2.45, 2.75) is 56.7 Å². The number of hydrogen-bond acceptors (Lipinski definition) is 5. The number of aromatic nitrogens is 1. The zero-order valence-corrected chi connectivity index (χ0v) is 17.7. The molecular formula is C22H29N5O5. The van der Waals surface area contributed by atoms with Crippen molar-refractivity contribution >= 4 is 34.6 Å². The number of unbranched alkanes of at least 4 members (excludes halogenated alkanes) is 1. The van der Waals surface area contributed by atoms with Crippen LogP contribution in [0.15, 0.2) is 30.5 Å². The molecule has 1 fully saturated rings. The Balaban J connectivity index is 1.76. The highest BCUT2D eigenvalue weighted by Gasteiger charge is 2.32. The molecule has 7 N–H and O–H groups in total. The molecule has 1 saturated heterocycles. The third-order valence-corrected chi connectivity index (χ3v) is 5.61. The largest absolute Gasteiger partial charge is 0.480 e. The van der Waals surface area contributed by atoms with Crippen LogP contribution >= 0.6 is 0 Å². The van der Waals surface area contributed by atoms with E-state index in [1.807, 2.05) is 24.3 Å². The number of H-pyrrole nitrogens is 1. The maximum Gasteiger partial charge on any atom is 0.326 e. The van der Waals surface area contributed by atoms with Gasteiger partial charge in [0.1, 0.15) is 18.1 Å². The Bertz CT molecular complexity index is 988. The Kier molecular flexibility index (Phi) is 7.82. The summed E-state index contributed by atoms with van der Waals surface area (Å²) in [5.41, 5.74) is 7.17. The van der Waals surface area contributed by atoms with Crippen LogP contribution in [0.5, 0.6) is 0 Å². The molecule has 3 unspecified atom stereocenters. The Morgan fingerprint density at radius 2 is 1.94 bits per heavy atom. The Labute approximate surface area is 185 Å². The summed E-state index contributed by atoms with van der Waals surface area (Å²) in [6, 6.07) is 4.77. The summed E-state index contributed by atoms with van der Waals surface area (Å²) >= 11 is 0. The van der Waals surface area contributed by atoms with E-state index >= 15 is 0 Å². The highest BCUT2D eigenvalue weighted by atomic mass is 16.4. The number of para-hydroxylation sites is 1. The van der Waals surface area contributed by atoms with Crippen LogP contribution in [0.4, 0.5) is 0 Å². The van der Waals surface area contributed by atoms with Crippen molar-refractivity contribution in [2.24, 2.45) is 5.73 Å². The molecular weight excluding hydrogens is 414 g/mol. The van der Waals surface area contributed by atoms with Crippen LogP contribution in [-0.2, 0) is 25.6 Å². The number of carboxylic acid groups (broad SMARTS) is 1. The number of carboxylic acids is 1. The second-order valence-electron chi connectivity index (χ2n) is 7.97. The molecule has 0 radical (unpaired) electrons. The van der Waals surface area contributed by atoms with E-state index in [2.05, 4.69) is 20.9 Å². The molecule has 3 atom stereocenters. The molecule has 3 rings (SSSR count). The average Bonchev–Trinajstić information content (AvgIpc) is 3.39. The van der Waals surface area contributed by atoms with Crippen molar-refractivity contribution in [1.29, 1.82) is 0 Å². The second kappa shape index (κ2) is 10.8. The normalized spacial score (nSPS) is 17.5. The highest BCUT2D eigenvalue weighted by Crippen LogP contribution is 2.19. The lowest BCUT2D eigenvalue weighted by atomic mass is 10.0. The molecule has 0 spiro atoms. The summed E-state index contributed by atoms with van der Waals surface area (Å²) in [4.78, 5) is 52.0. The number of aromatic amines is 1. The summed E-state index contributed by atoms with van der Waals surface area (Å²) < 4.78 is 0. The van der Waals surface area contributed by atoms with Crippen LogP contribution < -0.4 is 21.7 Å². The predicted octanol–water partition coefficient (Wildman–Crippen LogP) is 0.172. The summed E-state index contributed by atoms with van der Waals surface area (Å²) in [5.74, 6) is -2.41. The second-order valence-corrected chi connectivity index (χ2v) is 7.97. The number of rotatable bonds is 11. The van der Waals surface area contributed by atoms with Crippen LogP contribution in [0.2, 0.25) is 0 Å². The quantitative estimate of drug-likeness (QED) is 0.271. The number of fused-ring (bicyclic) bond motifs is 1. The molecule has 0 bridgehead atoms. The molecule has 32 heavy (non-hydrogen) atoms. The number of nitrogens with two attached hydrogens (primary N) is 1. The first kappa shape index (κ1) is 23.3. The molecule has 2 heterocycles. The van der Waals surface area contributed by atoms with Crippen molar-refractivity contribution < 1.29 is 24.3 Å². The van der Waals surface area contributed by atoms with Crippen molar-refractivity contribution in [2.75, 3.05) is 6.54 Å². The minimum Gasteiger partial charge on any atom is -0.480 e. The van der Waals surface area contributed by atoms with Crippen molar-refractivity contribution in [1.82, 2.24) is 20.9 Å². The van der Waals surface area contributed by atoms with E-state index in [1.165, 1.54) is 0 Å². The zero-order chi connectivity index (χ0) is 23.1. The molecule has 1 aromatic carbocycles. The Morgan fingerprint density at radius 1 is 1.16 bits per heavy atom. The van der Waals surface area contributed by atoms with Gasteiger partial charge in [-0.2, -0.15) is 0 Å².